The first kappa shape index (κ1) is 21.8. The van der Waals surface area contributed by atoms with E-state index in [1.54, 1.807) is 23.9 Å². The standard InChI is InChI=1S/C23H25ClN6O2/c1-15-20(21(24)30(28-15)13-16-6-3-2-4-7-16)23(32)27-18-9-10-19(26-12-18)29-11-5-8-17(14-29)22(25)31/h2-4,6-7,9-10,12,17H,5,8,11,13-14H2,1H3,(H2,25,31)(H,27,32). The van der Waals surface area contributed by atoms with E-state index in [1.165, 1.54) is 0 Å². The van der Waals surface area contributed by atoms with Gasteiger partial charge in [0, 0.05) is 13.1 Å². The van der Waals surface area contributed by atoms with Crippen molar-refractivity contribution in [1.29, 1.82) is 0 Å². The molecule has 166 valence electrons. The van der Waals surface area contributed by atoms with Crippen molar-refractivity contribution in [2.24, 2.45) is 11.7 Å². The predicted molar refractivity (Wildman–Crippen MR) is 124 cm³/mol. The molecule has 9 heteroatoms. The zero-order valence-electron chi connectivity index (χ0n) is 17.8. The molecule has 0 bridgehead atoms. The molecule has 1 fully saturated rings. The molecule has 0 aliphatic carbocycles. The number of benzene rings is 1. The number of halogens is 1. The summed E-state index contributed by atoms with van der Waals surface area (Å²) in [4.78, 5) is 30.9. The molecule has 8 nitrogen and oxygen atoms in total. The second-order valence-electron chi connectivity index (χ2n) is 7.94. The van der Waals surface area contributed by atoms with Gasteiger partial charge >= 0.3 is 0 Å². The summed E-state index contributed by atoms with van der Waals surface area (Å²) in [5.74, 6) is -0.0342. The van der Waals surface area contributed by atoms with Crippen LogP contribution in [-0.4, -0.2) is 39.7 Å². The SMILES string of the molecule is Cc1nn(Cc2ccccc2)c(Cl)c1C(=O)Nc1ccc(N2CCCC(C(N)=O)C2)nc1. The fourth-order valence-electron chi connectivity index (χ4n) is 3.93. The zero-order chi connectivity index (χ0) is 22.7. The lowest BCUT2D eigenvalue weighted by Crippen LogP contribution is -2.41. The molecule has 0 radical (unpaired) electrons. The zero-order valence-corrected chi connectivity index (χ0v) is 18.5. The lowest BCUT2D eigenvalue weighted by molar-refractivity contribution is -0.122. The van der Waals surface area contributed by atoms with E-state index < -0.39 is 0 Å². The van der Waals surface area contributed by atoms with Gasteiger partial charge in [-0.05, 0) is 37.5 Å². The van der Waals surface area contributed by atoms with Crippen LogP contribution in [-0.2, 0) is 11.3 Å². The van der Waals surface area contributed by atoms with Crippen LogP contribution in [0.2, 0.25) is 5.15 Å². The third kappa shape index (κ3) is 4.75. The Kier molecular flexibility index (Phi) is 6.41. The predicted octanol–water partition coefficient (Wildman–Crippen LogP) is 3.24. The van der Waals surface area contributed by atoms with Gasteiger partial charge in [0.25, 0.3) is 5.91 Å². The largest absolute Gasteiger partial charge is 0.369 e. The highest BCUT2D eigenvalue weighted by Gasteiger charge is 2.25. The number of hydrogen-bond acceptors (Lipinski definition) is 5. The van der Waals surface area contributed by atoms with Crippen molar-refractivity contribution in [1.82, 2.24) is 14.8 Å². The van der Waals surface area contributed by atoms with Crippen LogP contribution in [0, 0.1) is 12.8 Å². The van der Waals surface area contributed by atoms with E-state index in [1.807, 2.05) is 41.3 Å². The summed E-state index contributed by atoms with van der Waals surface area (Å²) in [5, 5.41) is 7.56. The Morgan fingerprint density at radius 1 is 1.22 bits per heavy atom. The number of piperidine rings is 1. The molecule has 1 aliphatic heterocycles. The maximum absolute atomic E-state index is 12.9. The number of aromatic nitrogens is 3. The second-order valence-corrected chi connectivity index (χ2v) is 8.30. The van der Waals surface area contributed by atoms with Gasteiger partial charge in [0.05, 0.1) is 35.6 Å². The van der Waals surface area contributed by atoms with Crippen molar-refractivity contribution < 1.29 is 9.59 Å². The second kappa shape index (κ2) is 9.40. The van der Waals surface area contributed by atoms with Gasteiger partial charge in [-0.3, -0.25) is 9.59 Å². The van der Waals surface area contributed by atoms with Crippen LogP contribution in [0.3, 0.4) is 0 Å². The summed E-state index contributed by atoms with van der Waals surface area (Å²) in [7, 11) is 0. The third-order valence-corrected chi connectivity index (χ3v) is 6.01. The molecule has 1 atom stereocenters. The molecule has 0 saturated carbocycles. The molecule has 32 heavy (non-hydrogen) atoms. The minimum absolute atomic E-state index is 0.164. The van der Waals surface area contributed by atoms with Crippen LogP contribution < -0.4 is 16.0 Å². The summed E-state index contributed by atoms with van der Waals surface area (Å²) in [6.07, 6.45) is 3.29. The average Bonchev–Trinajstić information content (AvgIpc) is 3.07. The maximum atomic E-state index is 12.9. The smallest absolute Gasteiger partial charge is 0.260 e. The molecule has 1 aromatic carbocycles. The number of nitrogens with zero attached hydrogens (tertiary/aromatic N) is 4. The van der Waals surface area contributed by atoms with E-state index >= 15 is 0 Å². The van der Waals surface area contributed by atoms with Gasteiger partial charge in [-0.1, -0.05) is 41.9 Å². The van der Waals surface area contributed by atoms with Crippen LogP contribution in [0.15, 0.2) is 48.7 Å². The monoisotopic (exact) mass is 452 g/mol. The molecule has 2 amide bonds. The highest BCUT2D eigenvalue weighted by molar-refractivity contribution is 6.33. The van der Waals surface area contributed by atoms with Gasteiger partial charge in [0.1, 0.15) is 11.0 Å². The fourth-order valence-corrected chi connectivity index (χ4v) is 4.25. The highest BCUT2D eigenvalue weighted by atomic mass is 35.5. The van der Waals surface area contributed by atoms with E-state index in [0.29, 0.717) is 35.2 Å². The summed E-state index contributed by atoms with van der Waals surface area (Å²) in [6.45, 7) is 3.61. The number of nitrogens with two attached hydrogens (primary N) is 1. The van der Waals surface area contributed by atoms with Gasteiger partial charge < -0.3 is 16.0 Å². The molecule has 2 aromatic heterocycles. The number of aryl methyl sites for hydroxylation is 1. The number of carbonyl (C=O) groups excluding carboxylic acids is 2. The van der Waals surface area contributed by atoms with Gasteiger partial charge in [0.2, 0.25) is 5.91 Å². The third-order valence-electron chi connectivity index (χ3n) is 5.62. The van der Waals surface area contributed by atoms with Crippen molar-refractivity contribution in [3.63, 3.8) is 0 Å². The number of carbonyl (C=O) groups is 2. The van der Waals surface area contributed by atoms with Crippen LogP contribution >= 0.6 is 11.6 Å². The van der Waals surface area contributed by atoms with Gasteiger partial charge in [-0.25, -0.2) is 9.67 Å². The van der Waals surface area contributed by atoms with Crippen molar-refractivity contribution in [3.8, 4) is 0 Å². The first-order valence-electron chi connectivity index (χ1n) is 10.5. The summed E-state index contributed by atoms with van der Waals surface area (Å²) >= 11 is 6.49. The number of amides is 2. The fraction of sp³-hybridized carbons (Fsp3) is 0.304. The average molecular weight is 453 g/mol. The number of primary amides is 1. The molecular weight excluding hydrogens is 428 g/mol. The Bertz CT molecular complexity index is 1110. The van der Waals surface area contributed by atoms with E-state index in [-0.39, 0.29) is 17.7 Å². The van der Waals surface area contributed by atoms with E-state index in [0.717, 1.165) is 30.8 Å². The first-order valence-corrected chi connectivity index (χ1v) is 10.9. The Morgan fingerprint density at radius 3 is 2.69 bits per heavy atom. The Hall–Kier alpha value is -3.39. The Morgan fingerprint density at radius 2 is 2.00 bits per heavy atom. The van der Waals surface area contributed by atoms with Crippen LogP contribution in [0.1, 0.15) is 34.5 Å². The van der Waals surface area contributed by atoms with Crippen molar-refractivity contribution in [3.05, 3.63) is 70.6 Å². The minimum atomic E-state index is -0.340. The van der Waals surface area contributed by atoms with Gasteiger partial charge in [0.15, 0.2) is 0 Å². The number of anilines is 2. The molecule has 4 rings (SSSR count). The molecule has 3 N–H and O–H groups in total. The van der Waals surface area contributed by atoms with Crippen molar-refractivity contribution in [2.45, 2.75) is 26.3 Å². The molecule has 3 aromatic rings. The van der Waals surface area contributed by atoms with E-state index in [4.69, 9.17) is 17.3 Å². The van der Waals surface area contributed by atoms with Crippen molar-refractivity contribution in [2.75, 3.05) is 23.3 Å². The quantitative estimate of drug-likeness (QED) is 0.597. The van der Waals surface area contributed by atoms with E-state index in [2.05, 4.69) is 15.4 Å². The lowest BCUT2D eigenvalue weighted by atomic mass is 9.97. The number of hydrogen-bond donors (Lipinski definition) is 2. The Labute approximate surface area is 191 Å². The Balaban J connectivity index is 1.44. The van der Waals surface area contributed by atoms with Gasteiger partial charge in [-0.2, -0.15) is 5.10 Å². The number of nitrogens with one attached hydrogen (secondary N) is 1. The molecular formula is C23H25ClN6O2. The van der Waals surface area contributed by atoms with Crippen molar-refractivity contribution >= 4 is 34.9 Å². The normalized spacial score (nSPS) is 16.1. The highest BCUT2D eigenvalue weighted by Crippen LogP contribution is 2.24. The molecule has 1 aliphatic rings. The van der Waals surface area contributed by atoms with E-state index in [9.17, 15) is 9.59 Å². The number of rotatable bonds is 6. The number of pyridine rings is 1. The molecule has 1 saturated heterocycles. The summed E-state index contributed by atoms with van der Waals surface area (Å²) in [5.41, 5.74) is 7.95. The maximum Gasteiger partial charge on any atom is 0.260 e. The lowest BCUT2D eigenvalue weighted by Gasteiger charge is -2.32. The first-order chi connectivity index (χ1) is 15.4. The van der Waals surface area contributed by atoms with Crippen LogP contribution in [0.25, 0.3) is 0 Å². The summed E-state index contributed by atoms with van der Waals surface area (Å²) < 4.78 is 1.62. The summed E-state index contributed by atoms with van der Waals surface area (Å²) in [6, 6.07) is 13.4. The minimum Gasteiger partial charge on any atom is -0.369 e. The van der Waals surface area contributed by atoms with Crippen LogP contribution in [0.5, 0.6) is 0 Å². The van der Waals surface area contributed by atoms with Gasteiger partial charge in [-0.15, -0.1) is 0 Å². The topological polar surface area (TPSA) is 106 Å². The molecule has 0 spiro atoms. The van der Waals surface area contributed by atoms with Crippen LogP contribution in [0.4, 0.5) is 11.5 Å². The molecule has 1 unspecified atom stereocenters. The molecule has 3 heterocycles.